The van der Waals surface area contributed by atoms with E-state index in [9.17, 15) is 9.18 Å². The first-order valence-corrected chi connectivity index (χ1v) is 6.53. The number of nitrogens with two attached hydrogens (primary N) is 1. The zero-order valence-electron chi connectivity index (χ0n) is 11.0. The molecule has 0 atom stereocenters. The van der Waals surface area contributed by atoms with Crippen LogP contribution in [-0.4, -0.2) is 12.5 Å². The number of carbonyl (C=O) groups excluding carboxylic acids is 1. The van der Waals surface area contributed by atoms with Crippen LogP contribution in [0.25, 0.3) is 0 Å². The van der Waals surface area contributed by atoms with Gasteiger partial charge in [0.2, 0.25) is 0 Å². The molecule has 1 amide bonds. The summed E-state index contributed by atoms with van der Waals surface area (Å²) in [7, 11) is 0. The largest absolute Gasteiger partial charge is 0.322 e. The SMILES string of the molecule is NCC#Cc1ccc(F)cc1C(=O)Nc1ccc(Cl)cc1. The van der Waals surface area contributed by atoms with Crippen molar-refractivity contribution >= 4 is 23.2 Å². The topological polar surface area (TPSA) is 55.1 Å². The molecule has 0 radical (unpaired) electrons. The molecule has 0 aliphatic heterocycles. The van der Waals surface area contributed by atoms with Gasteiger partial charge in [-0.15, -0.1) is 0 Å². The van der Waals surface area contributed by atoms with E-state index < -0.39 is 11.7 Å². The van der Waals surface area contributed by atoms with E-state index in [1.54, 1.807) is 24.3 Å². The van der Waals surface area contributed by atoms with Crippen LogP contribution < -0.4 is 11.1 Å². The van der Waals surface area contributed by atoms with E-state index in [-0.39, 0.29) is 12.1 Å². The van der Waals surface area contributed by atoms with Crippen LogP contribution in [0.15, 0.2) is 42.5 Å². The molecule has 0 aliphatic carbocycles. The molecule has 0 spiro atoms. The molecule has 5 heteroatoms. The Kier molecular flexibility index (Phi) is 4.94. The summed E-state index contributed by atoms with van der Waals surface area (Å²) in [4.78, 5) is 12.2. The zero-order valence-corrected chi connectivity index (χ0v) is 11.7. The van der Waals surface area contributed by atoms with Crippen LogP contribution in [0.4, 0.5) is 10.1 Å². The van der Waals surface area contributed by atoms with Gasteiger partial charge >= 0.3 is 0 Å². The number of halogens is 2. The van der Waals surface area contributed by atoms with E-state index in [4.69, 9.17) is 17.3 Å². The summed E-state index contributed by atoms with van der Waals surface area (Å²) >= 11 is 5.78. The highest BCUT2D eigenvalue weighted by Crippen LogP contribution is 2.16. The standard InChI is InChI=1S/C16H12ClFN2O/c17-12-4-7-14(8-5-12)20-16(21)15-10-13(18)6-3-11(15)2-1-9-19/h3-8,10H,9,19H2,(H,20,21). The minimum absolute atomic E-state index is 0.158. The second-order valence-corrected chi connectivity index (χ2v) is 4.59. The van der Waals surface area contributed by atoms with Crippen LogP contribution in [0.5, 0.6) is 0 Å². The number of hydrogen-bond donors (Lipinski definition) is 2. The second kappa shape index (κ2) is 6.89. The number of nitrogens with one attached hydrogen (secondary N) is 1. The Bertz CT molecular complexity index is 717. The van der Waals surface area contributed by atoms with Crippen molar-refractivity contribution in [2.24, 2.45) is 5.73 Å². The first-order chi connectivity index (χ1) is 10.1. The van der Waals surface area contributed by atoms with Crippen molar-refractivity contribution < 1.29 is 9.18 Å². The van der Waals surface area contributed by atoms with Crippen molar-refractivity contribution in [2.75, 3.05) is 11.9 Å². The fourth-order valence-corrected chi connectivity index (χ4v) is 1.82. The molecule has 0 bridgehead atoms. The molecule has 2 rings (SSSR count). The first-order valence-electron chi connectivity index (χ1n) is 6.15. The maximum Gasteiger partial charge on any atom is 0.257 e. The number of anilines is 1. The van der Waals surface area contributed by atoms with Gasteiger partial charge in [-0.1, -0.05) is 23.4 Å². The fraction of sp³-hybridized carbons (Fsp3) is 0.0625. The molecule has 0 saturated heterocycles. The minimum Gasteiger partial charge on any atom is -0.322 e. The van der Waals surface area contributed by atoms with Crippen molar-refractivity contribution in [3.8, 4) is 11.8 Å². The molecule has 0 aromatic heterocycles. The molecule has 0 saturated carbocycles. The van der Waals surface area contributed by atoms with E-state index in [0.29, 0.717) is 16.3 Å². The van der Waals surface area contributed by atoms with Crippen LogP contribution in [0.2, 0.25) is 5.02 Å². The van der Waals surface area contributed by atoms with E-state index in [1.165, 1.54) is 12.1 Å². The molecule has 3 N–H and O–H groups in total. The molecular weight excluding hydrogens is 291 g/mol. The van der Waals surface area contributed by atoms with E-state index in [0.717, 1.165) is 6.07 Å². The number of benzene rings is 2. The molecule has 3 nitrogen and oxygen atoms in total. The van der Waals surface area contributed by atoms with Crippen molar-refractivity contribution in [3.05, 3.63) is 64.4 Å². The van der Waals surface area contributed by atoms with Gasteiger partial charge in [0, 0.05) is 16.3 Å². The summed E-state index contributed by atoms with van der Waals surface area (Å²) in [5.74, 6) is 4.45. The van der Waals surface area contributed by atoms with Crippen LogP contribution >= 0.6 is 11.6 Å². The number of hydrogen-bond acceptors (Lipinski definition) is 2. The molecule has 2 aromatic carbocycles. The van der Waals surface area contributed by atoms with Gasteiger partial charge in [-0.3, -0.25) is 4.79 Å². The summed E-state index contributed by atoms with van der Waals surface area (Å²) in [6.07, 6.45) is 0. The van der Waals surface area contributed by atoms with Crippen LogP contribution in [0, 0.1) is 17.7 Å². The smallest absolute Gasteiger partial charge is 0.257 e. The summed E-state index contributed by atoms with van der Waals surface area (Å²) in [5, 5.41) is 3.23. The van der Waals surface area contributed by atoms with E-state index in [1.807, 2.05) is 0 Å². The average Bonchev–Trinajstić information content (AvgIpc) is 2.48. The third-order valence-electron chi connectivity index (χ3n) is 2.65. The Hall–Kier alpha value is -2.35. The summed E-state index contributed by atoms with van der Waals surface area (Å²) in [6, 6.07) is 10.5. The van der Waals surface area contributed by atoms with Crippen molar-refractivity contribution in [1.82, 2.24) is 0 Å². The van der Waals surface area contributed by atoms with Gasteiger partial charge in [0.15, 0.2) is 0 Å². The van der Waals surface area contributed by atoms with E-state index >= 15 is 0 Å². The highest BCUT2D eigenvalue weighted by molar-refractivity contribution is 6.30. The van der Waals surface area contributed by atoms with E-state index in [2.05, 4.69) is 17.2 Å². The molecule has 2 aromatic rings. The summed E-state index contributed by atoms with van der Waals surface area (Å²) < 4.78 is 13.4. The molecule has 0 fully saturated rings. The highest BCUT2D eigenvalue weighted by atomic mass is 35.5. The fourth-order valence-electron chi connectivity index (χ4n) is 1.69. The van der Waals surface area contributed by atoms with Gasteiger partial charge in [-0.2, -0.15) is 0 Å². The number of rotatable bonds is 2. The van der Waals surface area contributed by atoms with Crippen molar-refractivity contribution in [2.45, 2.75) is 0 Å². The lowest BCUT2D eigenvalue weighted by Crippen LogP contribution is -2.14. The number of amides is 1. The number of carbonyl (C=O) groups is 1. The lowest BCUT2D eigenvalue weighted by atomic mass is 10.1. The van der Waals surface area contributed by atoms with Gasteiger partial charge in [-0.05, 0) is 42.5 Å². The quantitative estimate of drug-likeness (QED) is 0.838. The lowest BCUT2D eigenvalue weighted by Gasteiger charge is -2.07. The Balaban J connectivity index is 2.29. The normalized spacial score (nSPS) is 9.67. The maximum atomic E-state index is 13.4. The first kappa shape index (κ1) is 15.0. The van der Waals surface area contributed by atoms with Crippen LogP contribution in [0.1, 0.15) is 15.9 Å². The van der Waals surface area contributed by atoms with Gasteiger partial charge in [0.25, 0.3) is 5.91 Å². The Labute approximate surface area is 126 Å². The third kappa shape index (κ3) is 4.06. The highest BCUT2D eigenvalue weighted by Gasteiger charge is 2.12. The van der Waals surface area contributed by atoms with Crippen LogP contribution in [0.3, 0.4) is 0 Å². The molecular formula is C16H12ClFN2O. The predicted molar refractivity (Wildman–Crippen MR) is 81.7 cm³/mol. The van der Waals surface area contributed by atoms with Gasteiger partial charge in [0.05, 0.1) is 12.1 Å². The van der Waals surface area contributed by atoms with Crippen molar-refractivity contribution in [3.63, 3.8) is 0 Å². The van der Waals surface area contributed by atoms with Crippen molar-refractivity contribution in [1.29, 1.82) is 0 Å². The van der Waals surface area contributed by atoms with Gasteiger partial charge in [-0.25, -0.2) is 4.39 Å². The summed E-state index contributed by atoms with van der Waals surface area (Å²) in [5.41, 5.74) is 6.45. The third-order valence-corrected chi connectivity index (χ3v) is 2.91. The Morgan fingerprint density at radius 1 is 1.24 bits per heavy atom. The lowest BCUT2D eigenvalue weighted by molar-refractivity contribution is 0.102. The molecule has 0 unspecified atom stereocenters. The average molecular weight is 303 g/mol. The molecule has 0 aliphatic rings. The second-order valence-electron chi connectivity index (χ2n) is 4.16. The predicted octanol–water partition coefficient (Wildman–Crippen LogP) is 3.04. The molecule has 21 heavy (non-hydrogen) atoms. The Morgan fingerprint density at radius 2 is 1.95 bits per heavy atom. The molecule has 0 heterocycles. The monoisotopic (exact) mass is 302 g/mol. The summed E-state index contributed by atoms with van der Waals surface area (Å²) in [6.45, 7) is 0.162. The van der Waals surface area contributed by atoms with Gasteiger partial charge < -0.3 is 11.1 Å². The zero-order chi connectivity index (χ0) is 15.2. The molecule has 106 valence electrons. The van der Waals surface area contributed by atoms with Gasteiger partial charge in [0.1, 0.15) is 5.82 Å². The maximum absolute atomic E-state index is 13.4. The minimum atomic E-state index is -0.505. The Morgan fingerprint density at radius 3 is 2.62 bits per heavy atom. The van der Waals surface area contributed by atoms with Crippen LogP contribution in [-0.2, 0) is 0 Å².